The van der Waals surface area contributed by atoms with Gasteiger partial charge in [0, 0.05) is 24.4 Å². The highest BCUT2D eigenvalue weighted by Crippen LogP contribution is 2.32. The quantitative estimate of drug-likeness (QED) is 0.906. The smallest absolute Gasteiger partial charge is 0.220 e. The number of carbonyl (C=O) groups excluding carboxylic acids is 1. The first-order valence-electron chi connectivity index (χ1n) is 6.22. The predicted molar refractivity (Wildman–Crippen MR) is 78.4 cm³/mol. The van der Waals surface area contributed by atoms with Crippen LogP contribution in [0.25, 0.3) is 0 Å². The number of hydrogen-bond donors (Lipinski definition) is 1. The number of halogens is 1. The number of hydrogen-bond acceptors (Lipinski definition) is 1. The molecule has 2 nitrogen and oxygen atoms in total. The van der Waals surface area contributed by atoms with Crippen molar-refractivity contribution in [3.05, 3.63) is 70.7 Å². The van der Waals surface area contributed by atoms with Crippen molar-refractivity contribution >= 4 is 17.5 Å². The average molecular weight is 274 g/mol. The van der Waals surface area contributed by atoms with Gasteiger partial charge in [-0.15, -0.1) is 0 Å². The summed E-state index contributed by atoms with van der Waals surface area (Å²) in [4.78, 5) is 11.7. The van der Waals surface area contributed by atoms with Gasteiger partial charge in [-0.3, -0.25) is 4.79 Å². The van der Waals surface area contributed by atoms with Gasteiger partial charge in [-0.05, 0) is 17.2 Å². The second-order valence-corrected chi connectivity index (χ2v) is 4.77. The summed E-state index contributed by atoms with van der Waals surface area (Å²) in [6.07, 6.45) is 0.393. The van der Waals surface area contributed by atoms with E-state index < -0.39 is 0 Å². The lowest BCUT2D eigenvalue weighted by molar-refractivity contribution is -0.120. The predicted octanol–water partition coefficient (Wildman–Crippen LogP) is 3.61. The van der Waals surface area contributed by atoms with Crippen molar-refractivity contribution in [2.24, 2.45) is 0 Å². The van der Waals surface area contributed by atoms with E-state index in [0.717, 1.165) is 11.1 Å². The minimum Gasteiger partial charge on any atom is -0.359 e. The zero-order valence-corrected chi connectivity index (χ0v) is 11.5. The van der Waals surface area contributed by atoms with Crippen LogP contribution in [-0.4, -0.2) is 13.0 Å². The van der Waals surface area contributed by atoms with E-state index in [2.05, 4.69) is 5.32 Å². The Bertz CT molecular complexity index is 554. The standard InChI is InChI=1S/C16H16ClNO/c1-18-16(19)11-14(12-7-3-2-4-8-12)13-9-5-6-10-15(13)17/h2-10,14H,11H2,1H3,(H,18,19). The molecule has 0 aliphatic rings. The van der Waals surface area contributed by atoms with Crippen LogP contribution in [0, 0.1) is 0 Å². The van der Waals surface area contributed by atoms with E-state index in [-0.39, 0.29) is 11.8 Å². The first kappa shape index (κ1) is 13.6. The Morgan fingerprint density at radius 3 is 2.37 bits per heavy atom. The fraction of sp³-hybridized carbons (Fsp3) is 0.188. The Kier molecular flexibility index (Phi) is 4.58. The summed E-state index contributed by atoms with van der Waals surface area (Å²) < 4.78 is 0. The lowest BCUT2D eigenvalue weighted by Gasteiger charge is -2.18. The second kappa shape index (κ2) is 6.39. The summed E-state index contributed by atoms with van der Waals surface area (Å²) in [5, 5.41) is 3.37. The summed E-state index contributed by atoms with van der Waals surface area (Å²) in [6.45, 7) is 0. The van der Waals surface area contributed by atoms with Crippen LogP contribution in [0.4, 0.5) is 0 Å². The first-order chi connectivity index (χ1) is 9.22. The highest BCUT2D eigenvalue weighted by molar-refractivity contribution is 6.31. The summed E-state index contributed by atoms with van der Waals surface area (Å²) in [5.41, 5.74) is 2.08. The Morgan fingerprint density at radius 1 is 1.11 bits per heavy atom. The highest BCUT2D eigenvalue weighted by atomic mass is 35.5. The van der Waals surface area contributed by atoms with Gasteiger partial charge in [0.2, 0.25) is 5.91 Å². The monoisotopic (exact) mass is 273 g/mol. The van der Waals surface area contributed by atoms with Gasteiger partial charge in [0.25, 0.3) is 0 Å². The Morgan fingerprint density at radius 2 is 1.74 bits per heavy atom. The molecule has 0 saturated carbocycles. The van der Waals surface area contributed by atoms with Crippen molar-refractivity contribution in [2.45, 2.75) is 12.3 Å². The molecule has 0 bridgehead atoms. The van der Waals surface area contributed by atoms with Crippen molar-refractivity contribution in [2.75, 3.05) is 7.05 Å². The fourth-order valence-corrected chi connectivity index (χ4v) is 2.41. The Hall–Kier alpha value is -1.80. The van der Waals surface area contributed by atoms with E-state index in [0.29, 0.717) is 11.4 Å². The van der Waals surface area contributed by atoms with Crippen molar-refractivity contribution in [3.8, 4) is 0 Å². The van der Waals surface area contributed by atoms with E-state index >= 15 is 0 Å². The molecule has 2 aromatic carbocycles. The Balaban J connectivity index is 2.40. The zero-order valence-electron chi connectivity index (χ0n) is 10.8. The van der Waals surface area contributed by atoms with Crippen molar-refractivity contribution in [1.82, 2.24) is 5.32 Å². The van der Waals surface area contributed by atoms with Crippen LogP contribution in [0.1, 0.15) is 23.5 Å². The Labute approximate surface area is 118 Å². The molecule has 0 aromatic heterocycles. The molecular weight excluding hydrogens is 258 g/mol. The molecule has 0 heterocycles. The largest absolute Gasteiger partial charge is 0.359 e. The van der Waals surface area contributed by atoms with Gasteiger partial charge in [-0.1, -0.05) is 60.1 Å². The highest BCUT2D eigenvalue weighted by Gasteiger charge is 2.19. The lowest BCUT2D eigenvalue weighted by Crippen LogP contribution is -2.21. The molecule has 0 aliphatic heterocycles. The second-order valence-electron chi connectivity index (χ2n) is 4.36. The minimum absolute atomic E-state index is 0.00812. The molecule has 0 fully saturated rings. The molecule has 1 amide bonds. The van der Waals surface area contributed by atoms with Crippen molar-refractivity contribution in [3.63, 3.8) is 0 Å². The molecule has 19 heavy (non-hydrogen) atoms. The van der Waals surface area contributed by atoms with Crippen molar-refractivity contribution < 1.29 is 4.79 Å². The van der Waals surface area contributed by atoms with E-state index in [1.54, 1.807) is 7.05 Å². The topological polar surface area (TPSA) is 29.1 Å². The SMILES string of the molecule is CNC(=O)CC(c1ccccc1)c1ccccc1Cl. The molecule has 2 rings (SSSR count). The molecule has 0 aliphatic carbocycles. The van der Waals surface area contributed by atoms with E-state index in [1.807, 2.05) is 54.6 Å². The van der Waals surface area contributed by atoms with E-state index in [9.17, 15) is 4.79 Å². The zero-order chi connectivity index (χ0) is 13.7. The molecular formula is C16H16ClNO. The number of benzene rings is 2. The molecule has 1 atom stereocenters. The summed E-state index contributed by atoms with van der Waals surface area (Å²) >= 11 is 6.26. The van der Waals surface area contributed by atoms with Crippen LogP contribution in [-0.2, 0) is 4.79 Å². The number of amides is 1. The van der Waals surface area contributed by atoms with Crippen LogP contribution < -0.4 is 5.32 Å². The van der Waals surface area contributed by atoms with Gasteiger partial charge in [0.1, 0.15) is 0 Å². The van der Waals surface area contributed by atoms with Crippen LogP contribution in [0.5, 0.6) is 0 Å². The van der Waals surface area contributed by atoms with Gasteiger partial charge >= 0.3 is 0 Å². The molecule has 0 spiro atoms. The fourth-order valence-electron chi connectivity index (χ4n) is 2.14. The molecule has 0 saturated heterocycles. The number of nitrogens with one attached hydrogen (secondary N) is 1. The van der Waals surface area contributed by atoms with Crippen LogP contribution in [0.15, 0.2) is 54.6 Å². The summed E-state index contributed by atoms with van der Waals surface area (Å²) in [7, 11) is 1.65. The lowest BCUT2D eigenvalue weighted by atomic mass is 9.88. The third-order valence-corrected chi connectivity index (χ3v) is 3.50. The number of rotatable bonds is 4. The van der Waals surface area contributed by atoms with E-state index in [4.69, 9.17) is 11.6 Å². The molecule has 3 heteroatoms. The van der Waals surface area contributed by atoms with Crippen LogP contribution in [0.3, 0.4) is 0 Å². The van der Waals surface area contributed by atoms with Gasteiger partial charge in [-0.25, -0.2) is 0 Å². The van der Waals surface area contributed by atoms with Crippen molar-refractivity contribution in [1.29, 1.82) is 0 Å². The normalized spacial score (nSPS) is 11.9. The number of carbonyl (C=O) groups is 1. The average Bonchev–Trinajstić information content (AvgIpc) is 2.46. The van der Waals surface area contributed by atoms with Gasteiger partial charge in [0.05, 0.1) is 0 Å². The van der Waals surface area contributed by atoms with Crippen LogP contribution >= 0.6 is 11.6 Å². The molecule has 98 valence electrons. The maximum Gasteiger partial charge on any atom is 0.220 e. The molecule has 1 N–H and O–H groups in total. The van der Waals surface area contributed by atoms with Crippen LogP contribution in [0.2, 0.25) is 5.02 Å². The maximum atomic E-state index is 11.7. The molecule has 0 radical (unpaired) electrons. The van der Waals surface area contributed by atoms with E-state index in [1.165, 1.54) is 0 Å². The third kappa shape index (κ3) is 3.36. The molecule has 2 aromatic rings. The summed E-state index contributed by atoms with van der Waals surface area (Å²) in [5.74, 6) is -0.0105. The van der Waals surface area contributed by atoms with Gasteiger partial charge in [-0.2, -0.15) is 0 Å². The van der Waals surface area contributed by atoms with Gasteiger partial charge in [0.15, 0.2) is 0 Å². The third-order valence-electron chi connectivity index (χ3n) is 3.15. The van der Waals surface area contributed by atoms with Gasteiger partial charge < -0.3 is 5.32 Å². The first-order valence-corrected chi connectivity index (χ1v) is 6.60. The minimum atomic E-state index is -0.0187. The maximum absolute atomic E-state index is 11.7. The summed E-state index contributed by atoms with van der Waals surface area (Å²) in [6, 6.07) is 17.6. The molecule has 1 unspecified atom stereocenters.